The topological polar surface area (TPSA) is 3.88 Å². The van der Waals surface area contributed by atoms with E-state index in [-0.39, 0.29) is 0 Å². The van der Waals surface area contributed by atoms with E-state index in [4.69, 9.17) is 0 Å². The lowest BCUT2D eigenvalue weighted by Crippen LogP contribution is -2.31. The van der Waals surface area contributed by atoms with Crippen LogP contribution in [0.3, 0.4) is 0 Å². The zero-order chi connectivity index (χ0) is 14.1. The molecule has 20 heavy (non-hydrogen) atoms. The van der Waals surface area contributed by atoms with E-state index < -0.39 is 0 Å². The van der Waals surface area contributed by atoms with Gasteiger partial charge in [0, 0.05) is 11.6 Å². The number of pyridine rings is 1. The highest BCUT2D eigenvalue weighted by Gasteiger charge is 2.17. The second-order valence-corrected chi connectivity index (χ2v) is 5.09. The lowest BCUT2D eigenvalue weighted by molar-refractivity contribution is -0.660. The van der Waals surface area contributed by atoms with Crippen molar-refractivity contribution in [3.8, 4) is 11.3 Å². The van der Waals surface area contributed by atoms with Gasteiger partial charge in [-0.15, -0.1) is 0 Å². The van der Waals surface area contributed by atoms with Gasteiger partial charge in [-0.2, -0.15) is 0 Å². The maximum absolute atomic E-state index is 3.94. The Hall–Kier alpha value is -2.41. The Balaban J connectivity index is 2.36. The normalized spacial score (nSPS) is 10.7. The standard InChI is InChI=1S/C19H18N/c1-4-15-9-7-13-20(3)19(15)18-12-11-16-8-5-6-10-17(16)14(18)2/h4-13H,1H2,2-3H3/q+1. The zero-order valence-electron chi connectivity index (χ0n) is 11.9. The Morgan fingerprint density at radius 1 is 1.00 bits per heavy atom. The van der Waals surface area contributed by atoms with Crippen molar-refractivity contribution in [1.82, 2.24) is 0 Å². The molecule has 2 aromatic carbocycles. The number of nitrogens with zero attached hydrogens (tertiary/aromatic N) is 1. The third kappa shape index (κ3) is 1.92. The Labute approximate surface area is 119 Å². The first-order valence-corrected chi connectivity index (χ1v) is 6.82. The fourth-order valence-corrected chi connectivity index (χ4v) is 2.83. The minimum Gasteiger partial charge on any atom is -0.200 e. The highest BCUT2D eigenvalue weighted by atomic mass is 14.9. The molecule has 0 saturated heterocycles. The van der Waals surface area contributed by atoms with Crippen molar-refractivity contribution >= 4 is 16.8 Å². The van der Waals surface area contributed by atoms with Crippen molar-refractivity contribution in [3.63, 3.8) is 0 Å². The Morgan fingerprint density at radius 2 is 1.80 bits per heavy atom. The third-order valence-electron chi connectivity index (χ3n) is 3.88. The molecule has 3 rings (SSSR count). The van der Waals surface area contributed by atoms with Crippen LogP contribution in [0.2, 0.25) is 0 Å². The van der Waals surface area contributed by atoms with E-state index in [1.54, 1.807) is 0 Å². The fraction of sp³-hybridized carbons (Fsp3) is 0.105. The molecule has 1 nitrogen and oxygen atoms in total. The van der Waals surface area contributed by atoms with Gasteiger partial charge in [-0.3, -0.25) is 0 Å². The van der Waals surface area contributed by atoms with Crippen molar-refractivity contribution in [1.29, 1.82) is 0 Å². The largest absolute Gasteiger partial charge is 0.219 e. The van der Waals surface area contributed by atoms with Gasteiger partial charge >= 0.3 is 0 Å². The van der Waals surface area contributed by atoms with Crippen LogP contribution in [-0.4, -0.2) is 0 Å². The molecule has 0 saturated carbocycles. The average molecular weight is 260 g/mol. The van der Waals surface area contributed by atoms with Gasteiger partial charge < -0.3 is 0 Å². The molecule has 0 unspecified atom stereocenters. The molecule has 0 atom stereocenters. The van der Waals surface area contributed by atoms with Crippen LogP contribution < -0.4 is 4.57 Å². The molecule has 0 fully saturated rings. The molecule has 0 radical (unpaired) electrons. The van der Waals surface area contributed by atoms with E-state index in [2.05, 4.69) is 79.8 Å². The molecule has 1 aromatic heterocycles. The lowest BCUT2D eigenvalue weighted by atomic mass is 9.95. The third-order valence-corrected chi connectivity index (χ3v) is 3.88. The van der Waals surface area contributed by atoms with Gasteiger partial charge in [-0.25, -0.2) is 4.57 Å². The molecule has 1 heterocycles. The van der Waals surface area contributed by atoms with Gasteiger partial charge in [0.1, 0.15) is 7.05 Å². The smallest absolute Gasteiger partial charge is 0.200 e. The first kappa shape index (κ1) is 12.6. The fourth-order valence-electron chi connectivity index (χ4n) is 2.83. The molecule has 3 aromatic rings. The quantitative estimate of drug-likeness (QED) is 0.605. The summed E-state index contributed by atoms with van der Waals surface area (Å²) >= 11 is 0. The Bertz CT molecular complexity index is 800. The molecule has 0 N–H and O–H groups in total. The van der Waals surface area contributed by atoms with Crippen LogP contribution in [0.5, 0.6) is 0 Å². The maximum Gasteiger partial charge on any atom is 0.219 e. The van der Waals surface area contributed by atoms with E-state index in [1.807, 2.05) is 6.08 Å². The van der Waals surface area contributed by atoms with Crippen molar-refractivity contribution in [3.05, 3.63) is 72.4 Å². The summed E-state index contributed by atoms with van der Waals surface area (Å²) in [5.41, 5.74) is 4.95. The predicted molar refractivity (Wildman–Crippen MR) is 85.4 cm³/mol. The highest BCUT2D eigenvalue weighted by molar-refractivity contribution is 5.91. The average Bonchev–Trinajstić information content (AvgIpc) is 2.48. The van der Waals surface area contributed by atoms with Gasteiger partial charge in [0.05, 0.1) is 5.56 Å². The molecule has 0 aliphatic rings. The summed E-state index contributed by atoms with van der Waals surface area (Å²) < 4.78 is 2.16. The summed E-state index contributed by atoms with van der Waals surface area (Å²) in [6, 6.07) is 17.1. The Kier molecular flexibility index (Phi) is 3.11. The van der Waals surface area contributed by atoms with E-state index in [1.165, 1.54) is 27.6 Å². The van der Waals surface area contributed by atoms with Crippen LogP contribution in [0.25, 0.3) is 28.1 Å². The van der Waals surface area contributed by atoms with Crippen LogP contribution in [0.4, 0.5) is 0 Å². The van der Waals surface area contributed by atoms with Crippen LogP contribution in [-0.2, 0) is 7.05 Å². The lowest BCUT2D eigenvalue weighted by Gasteiger charge is -2.10. The maximum atomic E-state index is 3.94. The molecule has 0 spiro atoms. The van der Waals surface area contributed by atoms with Crippen molar-refractivity contribution in [2.24, 2.45) is 7.05 Å². The first-order chi connectivity index (χ1) is 9.72. The summed E-state index contributed by atoms with van der Waals surface area (Å²) in [7, 11) is 2.08. The summed E-state index contributed by atoms with van der Waals surface area (Å²) in [4.78, 5) is 0. The monoisotopic (exact) mass is 260 g/mol. The van der Waals surface area contributed by atoms with E-state index in [0.717, 1.165) is 5.56 Å². The molecular formula is C19H18N+. The van der Waals surface area contributed by atoms with Gasteiger partial charge in [0.15, 0.2) is 6.20 Å². The van der Waals surface area contributed by atoms with Gasteiger partial charge in [0.2, 0.25) is 5.69 Å². The second-order valence-electron chi connectivity index (χ2n) is 5.09. The minimum atomic E-state index is 1.16. The van der Waals surface area contributed by atoms with Crippen LogP contribution in [0, 0.1) is 6.92 Å². The minimum absolute atomic E-state index is 1.16. The van der Waals surface area contributed by atoms with Gasteiger partial charge in [0.25, 0.3) is 0 Å². The number of aryl methyl sites for hydroxylation is 2. The highest BCUT2D eigenvalue weighted by Crippen LogP contribution is 2.29. The van der Waals surface area contributed by atoms with Crippen LogP contribution in [0.1, 0.15) is 11.1 Å². The Morgan fingerprint density at radius 3 is 2.60 bits per heavy atom. The van der Waals surface area contributed by atoms with Crippen molar-refractivity contribution in [2.45, 2.75) is 6.92 Å². The predicted octanol–water partition coefficient (Wildman–Crippen LogP) is 4.28. The molecule has 1 heteroatoms. The summed E-state index contributed by atoms with van der Waals surface area (Å²) in [5, 5.41) is 2.59. The molecular weight excluding hydrogens is 242 g/mol. The summed E-state index contributed by atoms with van der Waals surface area (Å²) in [5.74, 6) is 0. The van der Waals surface area contributed by atoms with E-state index >= 15 is 0 Å². The van der Waals surface area contributed by atoms with Crippen molar-refractivity contribution in [2.75, 3.05) is 0 Å². The van der Waals surface area contributed by atoms with E-state index in [9.17, 15) is 0 Å². The van der Waals surface area contributed by atoms with Crippen LogP contribution >= 0.6 is 0 Å². The zero-order valence-corrected chi connectivity index (χ0v) is 11.9. The van der Waals surface area contributed by atoms with E-state index in [0.29, 0.717) is 0 Å². The van der Waals surface area contributed by atoms with Gasteiger partial charge in [-0.05, 0) is 35.4 Å². The van der Waals surface area contributed by atoms with Crippen LogP contribution in [0.15, 0.2) is 61.3 Å². The first-order valence-electron chi connectivity index (χ1n) is 6.82. The van der Waals surface area contributed by atoms with Gasteiger partial charge in [-0.1, -0.05) is 43.0 Å². The van der Waals surface area contributed by atoms with Crippen molar-refractivity contribution < 1.29 is 4.57 Å². The number of hydrogen-bond donors (Lipinski definition) is 0. The molecule has 0 amide bonds. The molecule has 98 valence electrons. The SMILES string of the molecule is C=Cc1ccc[n+](C)c1-c1ccc2ccccc2c1C. The number of hydrogen-bond acceptors (Lipinski definition) is 0. The molecule has 0 bridgehead atoms. The second kappa shape index (κ2) is 4.93. The number of fused-ring (bicyclic) bond motifs is 1. The number of rotatable bonds is 2. The number of benzene rings is 2. The molecule has 0 aliphatic heterocycles. The number of aromatic nitrogens is 1. The summed E-state index contributed by atoms with van der Waals surface area (Å²) in [6.45, 7) is 6.13. The molecule has 0 aliphatic carbocycles. The summed E-state index contributed by atoms with van der Waals surface area (Å²) in [6.07, 6.45) is 4.00.